The fourth-order valence-electron chi connectivity index (χ4n) is 1.91. The van der Waals surface area contributed by atoms with Gasteiger partial charge in [0.25, 0.3) is 5.91 Å². The lowest BCUT2D eigenvalue weighted by Crippen LogP contribution is -2.41. The number of aromatic nitrogens is 1. The van der Waals surface area contributed by atoms with Crippen LogP contribution in [0.4, 0.5) is 0 Å². The molecule has 1 amide bonds. The summed E-state index contributed by atoms with van der Waals surface area (Å²) in [6, 6.07) is 1.98. The van der Waals surface area contributed by atoms with Crippen LogP contribution in [-0.4, -0.2) is 42.5 Å². The van der Waals surface area contributed by atoms with Crippen molar-refractivity contribution in [3.8, 4) is 0 Å². The smallest absolute Gasteiger partial charge is 0.254 e. The maximum Gasteiger partial charge on any atom is 0.254 e. The van der Waals surface area contributed by atoms with Gasteiger partial charge >= 0.3 is 0 Å². The highest BCUT2D eigenvalue weighted by Gasteiger charge is 2.17. The van der Waals surface area contributed by atoms with Gasteiger partial charge in [0, 0.05) is 23.3 Å². The summed E-state index contributed by atoms with van der Waals surface area (Å²) in [5.41, 5.74) is 0.392. The van der Waals surface area contributed by atoms with Crippen LogP contribution >= 0.6 is 27.5 Å². The second-order valence-electron chi connectivity index (χ2n) is 5.45. The summed E-state index contributed by atoms with van der Waals surface area (Å²) in [6.07, 6.45) is 2.60. The Morgan fingerprint density at radius 1 is 1.50 bits per heavy atom. The fourth-order valence-corrected chi connectivity index (χ4v) is 2.43. The second-order valence-corrected chi connectivity index (χ2v) is 6.72. The van der Waals surface area contributed by atoms with Crippen molar-refractivity contribution >= 4 is 33.4 Å². The average molecular weight is 363 g/mol. The molecule has 0 fully saturated rings. The number of nitrogens with zero attached hydrogens (tertiary/aromatic N) is 2. The van der Waals surface area contributed by atoms with Gasteiger partial charge < -0.3 is 10.2 Å². The minimum atomic E-state index is -0.195. The third kappa shape index (κ3) is 5.38. The Hall–Kier alpha value is -0.650. The molecule has 0 saturated carbocycles. The summed E-state index contributed by atoms with van der Waals surface area (Å²) < 4.78 is 0.735. The van der Waals surface area contributed by atoms with Crippen molar-refractivity contribution in [2.75, 3.05) is 20.6 Å². The third-order valence-corrected chi connectivity index (χ3v) is 3.76. The lowest BCUT2D eigenvalue weighted by molar-refractivity contribution is 0.0938. The van der Waals surface area contributed by atoms with Crippen molar-refractivity contribution < 1.29 is 4.79 Å². The molecule has 0 spiro atoms. The van der Waals surface area contributed by atoms with Crippen LogP contribution in [0.25, 0.3) is 0 Å². The maximum atomic E-state index is 12.2. The number of halogens is 2. The van der Waals surface area contributed by atoms with Crippen LogP contribution in [0.1, 0.15) is 30.6 Å². The predicted octanol–water partition coefficient (Wildman–Crippen LogP) is 3.20. The third-order valence-electron chi connectivity index (χ3n) is 3.02. The Morgan fingerprint density at radius 3 is 2.70 bits per heavy atom. The first-order valence-electron chi connectivity index (χ1n) is 6.57. The largest absolute Gasteiger partial charge is 0.350 e. The van der Waals surface area contributed by atoms with Gasteiger partial charge in [-0.15, -0.1) is 0 Å². The molecule has 6 heteroatoms. The molecule has 1 atom stereocenters. The van der Waals surface area contributed by atoms with Crippen molar-refractivity contribution in [3.05, 3.63) is 27.5 Å². The molecule has 1 aromatic heterocycles. The van der Waals surface area contributed by atoms with Crippen LogP contribution in [0.3, 0.4) is 0 Å². The highest BCUT2D eigenvalue weighted by Crippen LogP contribution is 2.18. The SMILES string of the molecule is CC(C)CC(CNC(=O)c1cc(Br)cnc1Cl)N(C)C. The molecule has 0 aromatic carbocycles. The highest BCUT2D eigenvalue weighted by atomic mass is 79.9. The molecule has 1 heterocycles. The van der Waals surface area contributed by atoms with Crippen molar-refractivity contribution in [1.82, 2.24) is 15.2 Å². The van der Waals surface area contributed by atoms with Gasteiger partial charge in [-0.05, 0) is 48.4 Å². The zero-order chi connectivity index (χ0) is 15.3. The zero-order valence-electron chi connectivity index (χ0n) is 12.3. The van der Waals surface area contributed by atoms with E-state index in [4.69, 9.17) is 11.6 Å². The summed E-state index contributed by atoms with van der Waals surface area (Å²) in [5.74, 6) is 0.384. The number of likely N-dealkylation sites (N-methyl/N-ethyl adjacent to an activating group) is 1. The normalized spacial score (nSPS) is 12.8. The number of nitrogens with one attached hydrogen (secondary N) is 1. The summed E-state index contributed by atoms with van der Waals surface area (Å²) >= 11 is 9.24. The van der Waals surface area contributed by atoms with Crippen molar-refractivity contribution in [2.45, 2.75) is 26.3 Å². The summed E-state index contributed by atoms with van der Waals surface area (Å²) in [6.45, 7) is 4.94. The van der Waals surface area contributed by atoms with Crippen LogP contribution in [0, 0.1) is 5.92 Å². The van der Waals surface area contributed by atoms with E-state index in [-0.39, 0.29) is 11.1 Å². The van der Waals surface area contributed by atoms with Crippen molar-refractivity contribution in [2.24, 2.45) is 5.92 Å². The van der Waals surface area contributed by atoms with Gasteiger partial charge in [-0.25, -0.2) is 4.98 Å². The number of rotatable bonds is 6. The monoisotopic (exact) mass is 361 g/mol. The molecule has 0 aliphatic rings. The fraction of sp³-hybridized carbons (Fsp3) is 0.571. The van der Waals surface area contributed by atoms with Gasteiger partial charge in [0.1, 0.15) is 5.15 Å². The van der Waals surface area contributed by atoms with E-state index in [0.29, 0.717) is 24.1 Å². The molecule has 0 aliphatic carbocycles. The standard InChI is InChI=1S/C14H21BrClN3O/c1-9(2)5-11(19(3)4)8-18-14(20)12-6-10(15)7-17-13(12)16/h6-7,9,11H,5,8H2,1-4H3,(H,18,20). The Kier molecular flexibility index (Phi) is 6.92. The molecular formula is C14H21BrClN3O. The van der Waals surface area contributed by atoms with Crippen LogP contribution < -0.4 is 5.32 Å². The van der Waals surface area contributed by atoms with Crippen molar-refractivity contribution in [1.29, 1.82) is 0 Å². The highest BCUT2D eigenvalue weighted by molar-refractivity contribution is 9.10. The molecule has 0 saturated heterocycles. The Morgan fingerprint density at radius 2 is 2.15 bits per heavy atom. The van der Waals surface area contributed by atoms with E-state index in [1.54, 1.807) is 12.3 Å². The van der Waals surface area contributed by atoms with Gasteiger partial charge in [-0.3, -0.25) is 4.79 Å². The van der Waals surface area contributed by atoms with E-state index in [0.717, 1.165) is 10.9 Å². The van der Waals surface area contributed by atoms with Crippen LogP contribution in [0.5, 0.6) is 0 Å². The van der Waals surface area contributed by atoms with Gasteiger partial charge in [-0.1, -0.05) is 25.4 Å². The van der Waals surface area contributed by atoms with Crippen LogP contribution in [0.2, 0.25) is 5.15 Å². The number of hydrogen-bond acceptors (Lipinski definition) is 3. The lowest BCUT2D eigenvalue weighted by atomic mass is 10.0. The summed E-state index contributed by atoms with van der Waals surface area (Å²) in [7, 11) is 4.04. The first kappa shape index (κ1) is 17.4. The molecule has 0 aliphatic heterocycles. The van der Waals surface area contributed by atoms with E-state index in [9.17, 15) is 4.79 Å². The molecule has 20 heavy (non-hydrogen) atoms. The Balaban J connectivity index is 2.68. The number of carbonyl (C=O) groups is 1. The molecule has 1 aromatic rings. The van der Waals surface area contributed by atoms with E-state index in [2.05, 4.69) is 45.0 Å². The Bertz CT molecular complexity index is 466. The molecule has 1 rings (SSSR count). The first-order chi connectivity index (χ1) is 9.31. The molecule has 4 nitrogen and oxygen atoms in total. The minimum Gasteiger partial charge on any atom is -0.350 e. The van der Waals surface area contributed by atoms with E-state index in [1.807, 2.05) is 14.1 Å². The Labute approximate surface area is 134 Å². The van der Waals surface area contributed by atoms with Crippen molar-refractivity contribution in [3.63, 3.8) is 0 Å². The zero-order valence-corrected chi connectivity index (χ0v) is 14.6. The van der Waals surface area contributed by atoms with E-state index >= 15 is 0 Å². The quantitative estimate of drug-likeness (QED) is 0.790. The number of amides is 1. The van der Waals surface area contributed by atoms with Gasteiger partial charge in [-0.2, -0.15) is 0 Å². The molecule has 0 radical (unpaired) electrons. The van der Waals surface area contributed by atoms with Gasteiger partial charge in [0.05, 0.1) is 5.56 Å². The predicted molar refractivity (Wildman–Crippen MR) is 86.2 cm³/mol. The molecule has 112 valence electrons. The summed E-state index contributed by atoms with van der Waals surface area (Å²) in [5, 5.41) is 3.15. The van der Waals surface area contributed by atoms with E-state index < -0.39 is 0 Å². The van der Waals surface area contributed by atoms with E-state index in [1.165, 1.54) is 0 Å². The second kappa shape index (κ2) is 7.96. The average Bonchev–Trinajstić information content (AvgIpc) is 2.36. The van der Waals surface area contributed by atoms with Crippen LogP contribution in [0.15, 0.2) is 16.7 Å². The van der Waals surface area contributed by atoms with Gasteiger partial charge in [0.15, 0.2) is 0 Å². The summed E-state index contributed by atoms with van der Waals surface area (Å²) in [4.78, 5) is 18.2. The molecule has 1 N–H and O–H groups in total. The van der Waals surface area contributed by atoms with Gasteiger partial charge in [0.2, 0.25) is 0 Å². The molecular weight excluding hydrogens is 342 g/mol. The minimum absolute atomic E-state index is 0.195. The lowest BCUT2D eigenvalue weighted by Gasteiger charge is -2.26. The van der Waals surface area contributed by atoms with Crippen LogP contribution in [-0.2, 0) is 0 Å². The number of hydrogen-bond donors (Lipinski definition) is 1. The topological polar surface area (TPSA) is 45.2 Å². The first-order valence-corrected chi connectivity index (χ1v) is 7.74. The molecule has 0 bridgehead atoms. The molecule has 1 unspecified atom stereocenters. The maximum absolute atomic E-state index is 12.2. The number of pyridine rings is 1. The number of carbonyl (C=O) groups excluding carboxylic acids is 1.